The van der Waals surface area contributed by atoms with Crippen molar-refractivity contribution < 1.29 is 14.3 Å². The Morgan fingerprint density at radius 1 is 0.784 bits per heavy atom. The predicted molar refractivity (Wildman–Crippen MR) is 204 cm³/mol. The number of carbonyl (C=O) groups is 1. The SMILES string of the molecule is CCc1cccc(-n2nc(C)cc2C(=O)Nc2cccc(C(CCC3CC3)c3cc(OCc4ccccc4)ccc3OCc3ccccc3)c2)c1. The van der Waals surface area contributed by atoms with Crippen molar-refractivity contribution in [3.63, 3.8) is 0 Å². The zero-order chi connectivity index (χ0) is 35.0. The molecule has 7 rings (SSSR count). The van der Waals surface area contributed by atoms with Crippen LogP contribution in [0.3, 0.4) is 0 Å². The van der Waals surface area contributed by atoms with Crippen molar-refractivity contribution in [2.45, 2.75) is 65.1 Å². The maximum atomic E-state index is 13.8. The van der Waals surface area contributed by atoms with Crippen LogP contribution >= 0.6 is 0 Å². The Kier molecular flexibility index (Phi) is 10.6. The molecule has 0 bridgehead atoms. The van der Waals surface area contributed by atoms with Crippen LogP contribution in [0, 0.1) is 12.8 Å². The number of hydrogen-bond donors (Lipinski definition) is 1. The van der Waals surface area contributed by atoms with Gasteiger partial charge in [-0.2, -0.15) is 5.10 Å². The van der Waals surface area contributed by atoms with Gasteiger partial charge in [0.2, 0.25) is 0 Å². The number of aryl methyl sites for hydroxylation is 2. The molecule has 1 N–H and O–H groups in total. The minimum atomic E-state index is -0.202. The predicted octanol–water partition coefficient (Wildman–Crippen LogP) is 10.5. The Morgan fingerprint density at radius 3 is 2.22 bits per heavy atom. The summed E-state index contributed by atoms with van der Waals surface area (Å²) in [5, 5.41) is 7.86. The number of ether oxygens (including phenoxy) is 2. The smallest absolute Gasteiger partial charge is 0.274 e. The molecule has 0 spiro atoms. The molecule has 51 heavy (non-hydrogen) atoms. The van der Waals surface area contributed by atoms with Crippen LogP contribution in [-0.2, 0) is 19.6 Å². The fraction of sp³-hybridized carbons (Fsp3) is 0.244. The fourth-order valence-electron chi connectivity index (χ4n) is 6.60. The first-order valence-electron chi connectivity index (χ1n) is 18.1. The van der Waals surface area contributed by atoms with Gasteiger partial charge in [0.05, 0.1) is 11.4 Å². The number of anilines is 1. The van der Waals surface area contributed by atoms with Gasteiger partial charge in [0.1, 0.15) is 30.4 Å². The molecule has 0 aliphatic heterocycles. The van der Waals surface area contributed by atoms with Gasteiger partial charge >= 0.3 is 0 Å². The summed E-state index contributed by atoms with van der Waals surface area (Å²) in [6, 6.07) is 45.0. The van der Waals surface area contributed by atoms with Crippen LogP contribution in [-0.4, -0.2) is 15.7 Å². The zero-order valence-electron chi connectivity index (χ0n) is 29.4. The number of aromatic nitrogens is 2. The van der Waals surface area contributed by atoms with E-state index in [0.717, 1.165) is 76.0 Å². The lowest BCUT2D eigenvalue weighted by Gasteiger charge is -2.23. The lowest BCUT2D eigenvalue weighted by molar-refractivity contribution is 0.101. The minimum absolute atomic E-state index is 0.0399. The normalized spacial score (nSPS) is 13.1. The molecule has 1 fully saturated rings. The largest absolute Gasteiger partial charge is 0.489 e. The maximum Gasteiger partial charge on any atom is 0.274 e. The number of hydrogen-bond acceptors (Lipinski definition) is 4. The quantitative estimate of drug-likeness (QED) is 0.118. The molecule has 5 aromatic carbocycles. The Morgan fingerprint density at radius 2 is 1.49 bits per heavy atom. The lowest BCUT2D eigenvalue weighted by Crippen LogP contribution is -2.17. The summed E-state index contributed by atoms with van der Waals surface area (Å²) in [7, 11) is 0. The second kappa shape index (κ2) is 15.9. The summed E-state index contributed by atoms with van der Waals surface area (Å²) < 4.78 is 14.6. The summed E-state index contributed by atoms with van der Waals surface area (Å²) in [6.07, 6.45) is 5.57. The highest BCUT2D eigenvalue weighted by molar-refractivity contribution is 6.03. The highest BCUT2D eigenvalue weighted by atomic mass is 16.5. The van der Waals surface area contributed by atoms with E-state index >= 15 is 0 Å². The van der Waals surface area contributed by atoms with Gasteiger partial charge in [-0.05, 0) is 103 Å². The van der Waals surface area contributed by atoms with Crippen molar-refractivity contribution in [1.29, 1.82) is 0 Å². The van der Waals surface area contributed by atoms with E-state index in [2.05, 4.69) is 71.9 Å². The van der Waals surface area contributed by atoms with Gasteiger partial charge in [0, 0.05) is 17.2 Å². The molecule has 258 valence electrons. The third-order valence-electron chi connectivity index (χ3n) is 9.58. The molecule has 1 aliphatic carbocycles. The molecular weight excluding hydrogens is 631 g/mol. The molecule has 6 heteroatoms. The first kappa shape index (κ1) is 33.9. The second-order valence-electron chi connectivity index (χ2n) is 13.5. The van der Waals surface area contributed by atoms with E-state index in [9.17, 15) is 4.79 Å². The molecule has 6 aromatic rings. The number of carbonyl (C=O) groups excluding carboxylic acids is 1. The van der Waals surface area contributed by atoms with Crippen LogP contribution in [0.25, 0.3) is 5.69 Å². The van der Waals surface area contributed by atoms with Crippen LogP contribution in [0.15, 0.2) is 133 Å². The summed E-state index contributed by atoms with van der Waals surface area (Å²) in [4.78, 5) is 13.8. The maximum absolute atomic E-state index is 13.8. The monoisotopic (exact) mass is 675 g/mol. The van der Waals surface area contributed by atoms with Crippen LogP contribution in [0.4, 0.5) is 5.69 Å². The molecule has 1 amide bonds. The number of benzene rings is 5. The Bertz CT molecular complexity index is 2070. The molecule has 6 nitrogen and oxygen atoms in total. The van der Waals surface area contributed by atoms with Gasteiger partial charge in [-0.15, -0.1) is 0 Å². The highest BCUT2D eigenvalue weighted by Crippen LogP contribution is 2.43. The summed E-state index contributed by atoms with van der Waals surface area (Å²) in [5.74, 6) is 2.24. The van der Waals surface area contributed by atoms with E-state index in [1.54, 1.807) is 4.68 Å². The van der Waals surface area contributed by atoms with Gasteiger partial charge in [-0.3, -0.25) is 4.79 Å². The van der Waals surface area contributed by atoms with Crippen LogP contribution < -0.4 is 14.8 Å². The minimum Gasteiger partial charge on any atom is -0.489 e. The van der Waals surface area contributed by atoms with Crippen molar-refractivity contribution in [2.75, 3.05) is 5.32 Å². The van der Waals surface area contributed by atoms with Gasteiger partial charge in [-0.25, -0.2) is 4.68 Å². The van der Waals surface area contributed by atoms with Gasteiger partial charge < -0.3 is 14.8 Å². The standard InChI is InChI=1S/C45H45N3O3/c1-3-33-16-10-19-39(27-33)48-43(26-32(2)47-48)45(49)46-38-18-11-17-37(28-38)41(24-22-34-20-21-34)42-29-40(50-30-35-12-6-4-7-13-35)23-25-44(42)51-31-36-14-8-5-9-15-36/h4-19,23,25-29,34,41H,3,20-22,24,30-31H2,1-2H3,(H,46,49). The van der Waals surface area contributed by atoms with Crippen LogP contribution in [0.5, 0.6) is 11.5 Å². The van der Waals surface area contributed by atoms with Crippen molar-refractivity contribution in [1.82, 2.24) is 9.78 Å². The first-order valence-corrected chi connectivity index (χ1v) is 18.1. The molecule has 1 heterocycles. The van der Waals surface area contributed by atoms with Gasteiger partial charge in [0.15, 0.2) is 0 Å². The summed E-state index contributed by atoms with van der Waals surface area (Å²) >= 11 is 0. The first-order chi connectivity index (χ1) is 25.0. The fourth-order valence-corrected chi connectivity index (χ4v) is 6.60. The van der Waals surface area contributed by atoms with E-state index < -0.39 is 0 Å². The third-order valence-corrected chi connectivity index (χ3v) is 9.58. The van der Waals surface area contributed by atoms with E-state index in [4.69, 9.17) is 9.47 Å². The van der Waals surface area contributed by atoms with Crippen molar-refractivity contribution in [2.24, 2.45) is 5.92 Å². The van der Waals surface area contributed by atoms with Crippen molar-refractivity contribution in [3.8, 4) is 17.2 Å². The molecule has 1 saturated carbocycles. The van der Waals surface area contributed by atoms with E-state index in [-0.39, 0.29) is 11.8 Å². The summed E-state index contributed by atoms with van der Waals surface area (Å²) in [5.41, 5.74) is 8.53. The van der Waals surface area contributed by atoms with Crippen LogP contribution in [0.2, 0.25) is 0 Å². The Balaban J connectivity index is 1.19. The molecular formula is C45H45N3O3. The number of rotatable bonds is 15. The van der Waals surface area contributed by atoms with E-state index in [1.165, 1.54) is 18.4 Å². The highest BCUT2D eigenvalue weighted by Gasteiger charge is 2.26. The number of amides is 1. The Hall–Kier alpha value is -5.62. The molecule has 1 aromatic heterocycles. The summed E-state index contributed by atoms with van der Waals surface area (Å²) in [6.45, 7) is 4.99. The average Bonchev–Trinajstić information content (AvgIpc) is 3.92. The molecule has 1 unspecified atom stereocenters. The molecule has 1 atom stereocenters. The van der Waals surface area contributed by atoms with E-state index in [0.29, 0.717) is 18.9 Å². The second-order valence-corrected chi connectivity index (χ2v) is 13.5. The topological polar surface area (TPSA) is 65.4 Å². The molecule has 0 saturated heterocycles. The van der Waals surface area contributed by atoms with Gasteiger partial charge in [-0.1, -0.05) is 105 Å². The van der Waals surface area contributed by atoms with Crippen LogP contribution in [0.1, 0.15) is 82.5 Å². The number of nitrogens with zero attached hydrogens (tertiary/aromatic N) is 2. The van der Waals surface area contributed by atoms with Gasteiger partial charge in [0.25, 0.3) is 5.91 Å². The van der Waals surface area contributed by atoms with Crippen molar-refractivity contribution in [3.05, 3.63) is 173 Å². The number of nitrogens with one attached hydrogen (secondary N) is 1. The van der Waals surface area contributed by atoms with Crippen molar-refractivity contribution >= 4 is 11.6 Å². The average molecular weight is 676 g/mol. The Labute approximate surface area is 301 Å². The van der Waals surface area contributed by atoms with E-state index in [1.807, 2.05) is 85.8 Å². The third kappa shape index (κ3) is 8.76. The molecule has 1 aliphatic rings. The zero-order valence-corrected chi connectivity index (χ0v) is 29.4. The lowest BCUT2D eigenvalue weighted by atomic mass is 9.85. The molecule has 0 radical (unpaired) electrons.